The van der Waals surface area contributed by atoms with Crippen LogP contribution in [0.1, 0.15) is 52.4 Å². The topological polar surface area (TPSA) is 26.3 Å². The fourth-order valence-corrected chi connectivity index (χ4v) is 2.79. The number of halogens is 1. The van der Waals surface area contributed by atoms with E-state index < -0.39 is 0 Å². The zero-order chi connectivity index (χ0) is 14.3. The van der Waals surface area contributed by atoms with E-state index in [0.29, 0.717) is 24.0 Å². The second-order valence-corrected chi connectivity index (χ2v) is 8.41. The van der Waals surface area contributed by atoms with E-state index in [0.717, 1.165) is 31.4 Å². The lowest BCUT2D eigenvalue weighted by Crippen LogP contribution is -2.20. The smallest absolute Gasteiger partial charge is 0.499 e. The fourth-order valence-electron chi connectivity index (χ4n) is 2.29. The second kappa shape index (κ2) is 9.32. The number of carbonyl (C=O) groups excluding carboxylic acids is 1. The first-order valence-electron chi connectivity index (χ1n) is 7.08. The largest absolute Gasteiger partial charge is 0.545 e. The molecule has 1 aliphatic rings. The van der Waals surface area contributed by atoms with Gasteiger partial charge >= 0.3 is 4.05 Å². The molecule has 0 aliphatic heterocycles. The quantitative estimate of drug-likeness (QED) is 0.350. The van der Waals surface area contributed by atoms with Crippen LogP contribution in [0.25, 0.3) is 0 Å². The monoisotopic (exact) mass is 394 g/mol. The van der Waals surface area contributed by atoms with E-state index in [-0.39, 0.29) is 4.05 Å². The highest BCUT2D eigenvalue weighted by molar-refractivity contribution is 14.1. The van der Waals surface area contributed by atoms with Gasteiger partial charge in [0.1, 0.15) is 5.78 Å². The summed E-state index contributed by atoms with van der Waals surface area (Å²) in [5.74, 6) is 2.48. The third-order valence-corrected chi connectivity index (χ3v) is 5.63. The van der Waals surface area contributed by atoms with Crippen LogP contribution in [0.4, 0.5) is 0 Å². The standard InChI is InChI=1S/C14H24BIO2S/c1-11(2)6-4-9-14(18-15(16)19-3)12-7-5-8-13(17)10-12/h9,11-12H,4-8,10H2,1-3H3/b14-9-. The minimum absolute atomic E-state index is 0.139. The molecule has 5 heteroatoms. The molecule has 1 saturated carbocycles. The van der Waals surface area contributed by atoms with Crippen LogP contribution in [0.3, 0.4) is 0 Å². The number of hydrogen-bond acceptors (Lipinski definition) is 3. The molecular formula is C14H24BIO2S. The number of Topliss-reactive ketones (excluding diaryl/α,β-unsaturated/α-hetero) is 1. The third-order valence-electron chi connectivity index (χ3n) is 3.39. The molecule has 1 atom stereocenters. The maximum Gasteiger partial charge on any atom is 0.499 e. The predicted molar refractivity (Wildman–Crippen MR) is 93.5 cm³/mol. The van der Waals surface area contributed by atoms with Gasteiger partial charge in [0, 0.05) is 18.8 Å². The Bertz CT molecular complexity index is 321. The highest BCUT2D eigenvalue weighted by Gasteiger charge is 2.26. The van der Waals surface area contributed by atoms with Gasteiger partial charge in [0.15, 0.2) is 0 Å². The van der Waals surface area contributed by atoms with Gasteiger partial charge in [0.25, 0.3) is 0 Å². The van der Waals surface area contributed by atoms with Gasteiger partial charge in [-0.15, -0.1) is 0 Å². The van der Waals surface area contributed by atoms with Gasteiger partial charge in [-0.3, -0.25) is 4.79 Å². The van der Waals surface area contributed by atoms with Crippen LogP contribution in [-0.2, 0) is 9.45 Å². The summed E-state index contributed by atoms with van der Waals surface area (Å²) in [6.07, 6.45) is 10.0. The fraction of sp³-hybridized carbons (Fsp3) is 0.786. The van der Waals surface area contributed by atoms with Crippen LogP contribution in [0, 0.1) is 11.8 Å². The molecule has 1 aliphatic carbocycles. The molecule has 0 saturated heterocycles. The Hall–Kier alpha value is 0.355. The molecule has 1 fully saturated rings. The lowest BCUT2D eigenvalue weighted by molar-refractivity contribution is -0.121. The molecular weight excluding hydrogens is 370 g/mol. The van der Waals surface area contributed by atoms with E-state index in [1.807, 2.05) is 0 Å². The van der Waals surface area contributed by atoms with Crippen LogP contribution in [0.2, 0.25) is 0 Å². The van der Waals surface area contributed by atoms with Crippen molar-refractivity contribution in [3.05, 3.63) is 11.8 Å². The zero-order valence-electron chi connectivity index (χ0n) is 12.2. The van der Waals surface area contributed by atoms with Gasteiger partial charge in [-0.05, 0) is 43.9 Å². The predicted octanol–water partition coefficient (Wildman–Crippen LogP) is 4.87. The normalized spacial score (nSPS) is 20.8. The van der Waals surface area contributed by atoms with Crippen molar-refractivity contribution in [2.45, 2.75) is 52.4 Å². The first kappa shape index (κ1) is 17.4. The van der Waals surface area contributed by atoms with Crippen molar-refractivity contribution in [1.29, 1.82) is 0 Å². The van der Waals surface area contributed by atoms with Crippen molar-refractivity contribution in [2.24, 2.45) is 11.8 Å². The van der Waals surface area contributed by atoms with Crippen LogP contribution in [0.15, 0.2) is 11.8 Å². The summed E-state index contributed by atoms with van der Waals surface area (Å²) < 4.78 is 6.17. The summed E-state index contributed by atoms with van der Waals surface area (Å²) in [6, 6.07) is 0. The van der Waals surface area contributed by atoms with Gasteiger partial charge in [-0.1, -0.05) is 36.2 Å². The molecule has 19 heavy (non-hydrogen) atoms. The lowest BCUT2D eigenvalue weighted by atomic mass is 9.86. The van der Waals surface area contributed by atoms with Crippen LogP contribution < -0.4 is 0 Å². The van der Waals surface area contributed by atoms with Gasteiger partial charge in [-0.2, -0.15) is 11.6 Å². The Kier molecular flexibility index (Phi) is 8.54. The van der Waals surface area contributed by atoms with Gasteiger partial charge < -0.3 is 4.65 Å². The third kappa shape index (κ3) is 7.07. The molecule has 0 aromatic carbocycles. The van der Waals surface area contributed by atoms with Crippen LogP contribution in [-0.4, -0.2) is 16.1 Å². The number of carbonyl (C=O) groups is 1. The van der Waals surface area contributed by atoms with Gasteiger partial charge in [-0.25, -0.2) is 0 Å². The number of rotatable bonds is 7. The van der Waals surface area contributed by atoms with Crippen molar-refractivity contribution >= 4 is 43.8 Å². The van der Waals surface area contributed by atoms with Gasteiger partial charge in [0.2, 0.25) is 0 Å². The second-order valence-electron chi connectivity index (χ2n) is 5.54. The maximum atomic E-state index is 11.6. The van der Waals surface area contributed by atoms with Gasteiger partial charge in [0.05, 0.1) is 5.76 Å². The summed E-state index contributed by atoms with van der Waals surface area (Å²) in [4.78, 5) is 11.6. The van der Waals surface area contributed by atoms with E-state index >= 15 is 0 Å². The molecule has 2 nitrogen and oxygen atoms in total. The minimum atomic E-state index is 0.139. The highest BCUT2D eigenvalue weighted by Crippen LogP contribution is 2.31. The van der Waals surface area contributed by atoms with E-state index in [4.69, 9.17) is 4.65 Å². The van der Waals surface area contributed by atoms with Crippen molar-refractivity contribution in [1.82, 2.24) is 0 Å². The van der Waals surface area contributed by atoms with Crippen molar-refractivity contribution < 1.29 is 9.45 Å². The minimum Gasteiger partial charge on any atom is -0.545 e. The maximum absolute atomic E-state index is 11.6. The lowest BCUT2D eigenvalue weighted by Gasteiger charge is -2.25. The summed E-state index contributed by atoms with van der Waals surface area (Å²) in [7, 11) is 0. The molecule has 0 bridgehead atoms. The molecule has 0 aromatic rings. The first-order chi connectivity index (χ1) is 9.02. The Morgan fingerprint density at radius 1 is 1.63 bits per heavy atom. The van der Waals surface area contributed by atoms with E-state index in [2.05, 4.69) is 48.6 Å². The van der Waals surface area contributed by atoms with E-state index in [1.54, 1.807) is 11.6 Å². The Morgan fingerprint density at radius 2 is 2.37 bits per heavy atom. The molecule has 108 valence electrons. The number of hydrogen-bond donors (Lipinski definition) is 0. The summed E-state index contributed by atoms with van der Waals surface area (Å²) >= 11 is 4.00. The SMILES string of the molecule is CSB(I)O/C(=C\CCC(C)C)C1CCCC(=O)C1. The van der Waals surface area contributed by atoms with Crippen molar-refractivity contribution in [3.63, 3.8) is 0 Å². The highest BCUT2D eigenvalue weighted by atomic mass is 127. The molecule has 0 amide bonds. The molecule has 1 rings (SSSR count). The molecule has 0 aromatic heterocycles. The zero-order valence-corrected chi connectivity index (χ0v) is 15.1. The van der Waals surface area contributed by atoms with E-state index in [1.165, 1.54) is 6.42 Å². The Balaban J connectivity index is 2.64. The first-order valence-corrected chi connectivity index (χ1v) is 9.61. The van der Waals surface area contributed by atoms with E-state index in [9.17, 15) is 4.79 Å². The average Bonchev–Trinajstić information content (AvgIpc) is 2.37. The molecule has 0 spiro atoms. The van der Waals surface area contributed by atoms with Crippen LogP contribution >= 0.6 is 34.0 Å². The van der Waals surface area contributed by atoms with Crippen molar-refractivity contribution in [2.75, 3.05) is 6.26 Å². The van der Waals surface area contributed by atoms with Crippen LogP contribution in [0.5, 0.6) is 0 Å². The number of ketones is 1. The summed E-state index contributed by atoms with van der Waals surface area (Å²) in [5, 5.41) is 0. The molecule has 0 radical (unpaired) electrons. The Morgan fingerprint density at radius 3 is 2.95 bits per heavy atom. The average molecular weight is 394 g/mol. The Labute approximate surface area is 135 Å². The van der Waals surface area contributed by atoms with Crippen molar-refractivity contribution in [3.8, 4) is 0 Å². The summed E-state index contributed by atoms with van der Waals surface area (Å²) in [6.45, 7) is 4.48. The molecule has 0 heterocycles. The number of allylic oxidation sites excluding steroid dienone is 2. The molecule has 0 N–H and O–H groups in total. The molecule has 1 unspecified atom stereocenters. The summed E-state index contributed by atoms with van der Waals surface area (Å²) in [5.41, 5.74) is 0.